The summed E-state index contributed by atoms with van der Waals surface area (Å²) in [5, 5.41) is 6.32. The van der Waals surface area contributed by atoms with Crippen LogP contribution in [0.4, 0.5) is 5.69 Å². The topological polar surface area (TPSA) is 79.5 Å². The normalized spacial score (nSPS) is 11.1. The molecule has 1 aromatic carbocycles. The Morgan fingerprint density at radius 2 is 2.06 bits per heavy atom. The number of carbonyl (C=O) groups excluding carboxylic acids is 1. The first-order valence-electron chi connectivity index (χ1n) is 5.63. The fraction of sp³-hybridized carbons (Fsp3) is 0.333. The number of carbonyl (C=O) groups is 1. The van der Waals surface area contributed by atoms with E-state index in [1.54, 1.807) is 31.3 Å². The smallest absolute Gasteiger partial charge is 0.224 e. The van der Waals surface area contributed by atoms with Gasteiger partial charge in [-0.2, -0.15) is 0 Å². The SMILES string of the molecule is CN=C(N)NCCCC(=O)Nc1ccc(Cl)cc1. The summed E-state index contributed by atoms with van der Waals surface area (Å²) in [7, 11) is 1.61. The molecule has 0 unspecified atom stereocenters. The van der Waals surface area contributed by atoms with Crippen LogP contribution in [0.25, 0.3) is 0 Å². The number of hydrogen-bond donors (Lipinski definition) is 3. The average molecular weight is 269 g/mol. The third kappa shape index (κ3) is 5.54. The van der Waals surface area contributed by atoms with Crippen LogP contribution in [0.15, 0.2) is 29.3 Å². The molecule has 0 aliphatic carbocycles. The van der Waals surface area contributed by atoms with Gasteiger partial charge in [-0.3, -0.25) is 9.79 Å². The summed E-state index contributed by atoms with van der Waals surface area (Å²) in [6.45, 7) is 0.622. The van der Waals surface area contributed by atoms with Crippen molar-refractivity contribution in [2.45, 2.75) is 12.8 Å². The number of aliphatic imine (C=N–C) groups is 1. The van der Waals surface area contributed by atoms with E-state index < -0.39 is 0 Å². The standard InChI is InChI=1S/C12H17ClN4O/c1-15-12(14)16-8-2-3-11(18)17-10-6-4-9(13)5-7-10/h4-7H,2-3,8H2,1H3,(H,17,18)(H3,14,15,16). The predicted octanol–water partition coefficient (Wildman–Crippen LogP) is 1.59. The minimum atomic E-state index is -0.0360. The third-order valence-electron chi connectivity index (χ3n) is 2.26. The molecular weight excluding hydrogens is 252 g/mol. The van der Waals surface area contributed by atoms with Gasteiger partial charge < -0.3 is 16.4 Å². The van der Waals surface area contributed by atoms with Crippen LogP contribution in [0.5, 0.6) is 0 Å². The molecule has 98 valence electrons. The maximum Gasteiger partial charge on any atom is 0.224 e. The molecule has 0 spiro atoms. The monoisotopic (exact) mass is 268 g/mol. The number of hydrogen-bond acceptors (Lipinski definition) is 2. The number of rotatable bonds is 5. The minimum absolute atomic E-state index is 0.0360. The van der Waals surface area contributed by atoms with Gasteiger partial charge >= 0.3 is 0 Å². The van der Waals surface area contributed by atoms with Gasteiger partial charge in [0.05, 0.1) is 0 Å². The molecule has 5 nitrogen and oxygen atoms in total. The zero-order chi connectivity index (χ0) is 13.4. The Bertz CT molecular complexity index is 417. The third-order valence-corrected chi connectivity index (χ3v) is 2.51. The Morgan fingerprint density at radius 3 is 2.67 bits per heavy atom. The lowest BCUT2D eigenvalue weighted by atomic mass is 10.2. The number of anilines is 1. The van der Waals surface area contributed by atoms with Crippen molar-refractivity contribution in [2.75, 3.05) is 18.9 Å². The van der Waals surface area contributed by atoms with Crippen molar-refractivity contribution in [1.82, 2.24) is 5.32 Å². The van der Waals surface area contributed by atoms with Crippen molar-refractivity contribution in [3.8, 4) is 0 Å². The maximum atomic E-state index is 11.6. The first kappa shape index (κ1) is 14.3. The lowest BCUT2D eigenvalue weighted by Gasteiger charge is -2.06. The van der Waals surface area contributed by atoms with E-state index in [9.17, 15) is 4.79 Å². The second-order valence-corrected chi connectivity index (χ2v) is 4.13. The maximum absolute atomic E-state index is 11.6. The van der Waals surface area contributed by atoms with E-state index in [1.807, 2.05) is 0 Å². The average Bonchev–Trinajstić information content (AvgIpc) is 2.37. The zero-order valence-electron chi connectivity index (χ0n) is 10.2. The molecule has 0 saturated heterocycles. The second kappa shape index (κ2) is 7.55. The number of nitrogens with one attached hydrogen (secondary N) is 2. The summed E-state index contributed by atoms with van der Waals surface area (Å²) in [5.74, 6) is 0.347. The molecule has 0 bridgehead atoms. The summed E-state index contributed by atoms with van der Waals surface area (Å²) in [6.07, 6.45) is 1.11. The predicted molar refractivity (Wildman–Crippen MR) is 74.9 cm³/mol. The van der Waals surface area contributed by atoms with Gasteiger partial charge in [0, 0.05) is 30.7 Å². The zero-order valence-corrected chi connectivity index (χ0v) is 11.0. The highest BCUT2D eigenvalue weighted by Gasteiger charge is 2.02. The largest absolute Gasteiger partial charge is 0.370 e. The number of amides is 1. The summed E-state index contributed by atoms with van der Waals surface area (Å²) in [5.41, 5.74) is 6.20. The van der Waals surface area contributed by atoms with Crippen LogP contribution in [-0.4, -0.2) is 25.5 Å². The molecule has 0 saturated carbocycles. The van der Waals surface area contributed by atoms with Crippen molar-refractivity contribution in [1.29, 1.82) is 0 Å². The molecule has 0 radical (unpaired) electrons. The molecule has 6 heteroatoms. The number of halogens is 1. The molecule has 1 aromatic rings. The molecule has 0 aromatic heterocycles. The van der Waals surface area contributed by atoms with Gasteiger partial charge in [0.25, 0.3) is 0 Å². The Balaban J connectivity index is 2.23. The van der Waals surface area contributed by atoms with Crippen LogP contribution in [0, 0.1) is 0 Å². The fourth-order valence-corrected chi connectivity index (χ4v) is 1.43. The molecule has 18 heavy (non-hydrogen) atoms. The van der Waals surface area contributed by atoms with Crippen LogP contribution in [0.2, 0.25) is 5.02 Å². The van der Waals surface area contributed by atoms with Crippen molar-refractivity contribution in [2.24, 2.45) is 10.7 Å². The molecule has 0 aliphatic rings. The van der Waals surface area contributed by atoms with E-state index in [0.29, 0.717) is 30.4 Å². The quantitative estimate of drug-likeness (QED) is 0.431. The Labute approximate surface area is 111 Å². The number of nitrogens with two attached hydrogens (primary N) is 1. The van der Waals surface area contributed by atoms with Crippen molar-refractivity contribution in [3.63, 3.8) is 0 Å². The van der Waals surface area contributed by atoms with Gasteiger partial charge in [-0.05, 0) is 30.7 Å². The summed E-state index contributed by atoms with van der Waals surface area (Å²) in [6, 6.07) is 6.99. The molecule has 1 rings (SSSR count). The number of benzene rings is 1. The summed E-state index contributed by atoms with van der Waals surface area (Å²) >= 11 is 5.75. The van der Waals surface area contributed by atoms with Crippen LogP contribution < -0.4 is 16.4 Å². The van der Waals surface area contributed by atoms with Crippen molar-refractivity contribution < 1.29 is 4.79 Å². The molecule has 0 heterocycles. The second-order valence-electron chi connectivity index (χ2n) is 3.69. The lowest BCUT2D eigenvalue weighted by molar-refractivity contribution is -0.116. The van der Waals surface area contributed by atoms with Gasteiger partial charge in [-0.1, -0.05) is 11.6 Å². The van der Waals surface area contributed by atoms with Gasteiger partial charge in [-0.15, -0.1) is 0 Å². The van der Waals surface area contributed by atoms with Crippen LogP contribution in [0.1, 0.15) is 12.8 Å². The molecular formula is C12H17ClN4O. The highest BCUT2D eigenvalue weighted by molar-refractivity contribution is 6.30. The van der Waals surface area contributed by atoms with Crippen LogP contribution in [0.3, 0.4) is 0 Å². The van der Waals surface area contributed by atoms with Gasteiger partial charge in [-0.25, -0.2) is 0 Å². The van der Waals surface area contributed by atoms with E-state index in [0.717, 1.165) is 5.69 Å². The van der Waals surface area contributed by atoms with Crippen LogP contribution >= 0.6 is 11.6 Å². The molecule has 1 amide bonds. The molecule has 0 aliphatic heterocycles. The summed E-state index contributed by atoms with van der Waals surface area (Å²) < 4.78 is 0. The highest BCUT2D eigenvalue weighted by atomic mass is 35.5. The summed E-state index contributed by atoms with van der Waals surface area (Å²) in [4.78, 5) is 15.3. The van der Waals surface area contributed by atoms with Crippen molar-refractivity contribution >= 4 is 29.2 Å². The van der Waals surface area contributed by atoms with Gasteiger partial charge in [0.1, 0.15) is 0 Å². The van der Waals surface area contributed by atoms with Gasteiger partial charge in [0.15, 0.2) is 5.96 Å². The first-order valence-corrected chi connectivity index (χ1v) is 6.01. The first-order chi connectivity index (χ1) is 8.61. The fourth-order valence-electron chi connectivity index (χ4n) is 1.30. The Hall–Kier alpha value is -1.75. The van der Waals surface area contributed by atoms with Crippen LogP contribution in [-0.2, 0) is 4.79 Å². The van der Waals surface area contributed by atoms with E-state index in [4.69, 9.17) is 17.3 Å². The van der Waals surface area contributed by atoms with E-state index >= 15 is 0 Å². The minimum Gasteiger partial charge on any atom is -0.370 e. The number of guanidine groups is 1. The van der Waals surface area contributed by atoms with Crippen molar-refractivity contribution in [3.05, 3.63) is 29.3 Å². The van der Waals surface area contributed by atoms with E-state index in [1.165, 1.54) is 0 Å². The number of nitrogens with zero attached hydrogens (tertiary/aromatic N) is 1. The highest BCUT2D eigenvalue weighted by Crippen LogP contribution is 2.13. The van der Waals surface area contributed by atoms with E-state index in [2.05, 4.69) is 15.6 Å². The molecule has 0 fully saturated rings. The Morgan fingerprint density at radius 1 is 1.39 bits per heavy atom. The lowest BCUT2D eigenvalue weighted by Crippen LogP contribution is -2.32. The van der Waals surface area contributed by atoms with E-state index in [-0.39, 0.29) is 5.91 Å². The van der Waals surface area contributed by atoms with Gasteiger partial charge in [0.2, 0.25) is 5.91 Å². The molecule has 4 N–H and O–H groups in total. The Kier molecular flexibility index (Phi) is 6.00. The molecule has 0 atom stereocenters.